The van der Waals surface area contributed by atoms with Crippen molar-refractivity contribution in [3.8, 4) is 0 Å². The lowest BCUT2D eigenvalue weighted by Gasteiger charge is -2.17. The van der Waals surface area contributed by atoms with Crippen LogP contribution in [0.2, 0.25) is 0 Å². The molecule has 0 spiro atoms. The summed E-state index contributed by atoms with van der Waals surface area (Å²) in [5.41, 5.74) is 1.74. The molecule has 0 saturated carbocycles. The molecule has 5 heteroatoms. The summed E-state index contributed by atoms with van der Waals surface area (Å²) in [5.74, 6) is -0.166. The summed E-state index contributed by atoms with van der Waals surface area (Å²) in [5, 5.41) is 2.82. The molecular formula is C13H20N2O3. The third-order valence-electron chi connectivity index (χ3n) is 2.32. The Kier molecular flexibility index (Phi) is 6.18. The molecule has 0 fully saturated rings. The summed E-state index contributed by atoms with van der Waals surface area (Å²) in [4.78, 5) is 13.6. The molecule has 0 radical (unpaired) electrons. The number of anilines is 2. The predicted octanol–water partition coefficient (Wildman–Crippen LogP) is 1.35. The van der Waals surface area contributed by atoms with E-state index in [1.165, 1.54) is 0 Å². The molecule has 1 aromatic rings. The summed E-state index contributed by atoms with van der Waals surface area (Å²) < 4.78 is 9.99. The van der Waals surface area contributed by atoms with Crippen LogP contribution in [0.25, 0.3) is 0 Å². The average Bonchev–Trinajstić information content (AvgIpc) is 2.35. The molecule has 0 saturated heterocycles. The second-order valence-electron chi connectivity index (χ2n) is 4.01. The van der Waals surface area contributed by atoms with Gasteiger partial charge in [0.25, 0.3) is 0 Å². The van der Waals surface area contributed by atoms with Gasteiger partial charge in [-0.1, -0.05) is 12.1 Å². The van der Waals surface area contributed by atoms with Crippen LogP contribution in [-0.4, -0.2) is 46.9 Å². The standard InChI is InChI=1S/C13H20N2O3/c1-15(2)12-7-5-4-6-11(12)14-13(16)10-18-9-8-17-3/h4-7H,8-10H2,1-3H3,(H,14,16). The SMILES string of the molecule is COCCOCC(=O)Nc1ccccc1N(C)C. The van der Waals surface area contributed by atoms with Gasteiger partial charge >= 0.3 is 0 Å². The lowest BCUT2D eigenvalue weighted by atomic mass is 10.2. The molecule has 0 aliphatic rings. The first kappa shape index (κ1) is 14.5. The Balaban J connectivity index is 2.49. The zero-order valence-corrected chi connectivity index (χ0v) is 11.1. The number of nitrogens with zero attached hydrogens (tertiary/aromatic N) is 1. The van der Waals surface area contributed by atoms with E-state index in [1.807, 2.05) is 43.3 Å². The van der Waals surface area contributed by atoms with E-state index in [0.717, 1.165) is 11.4 Å². The zero-order chi connectivity index (χ0) is 13.4. The Morgan fingerprint density at radius 2 is 2.00 bits per heavy atom. The molecule has 1 rings (SSSR count). The molecule has 1 N–H and O–H groups in total. The smallest absolute Gasteiger partial charge is 0.250 e. The second-order valence-corrected chi connectivity index (χ2v) is 4.01. The lowest BCUT2D eigenvalue weighted by molar-refractivity contribution is -0.121. The van der Waals surface area contributed by atoms with Crippen molar-refractivity contribution >= 4 is 17.3 Å². The van der Waals surface area contributed by atoms with Gasteiger partial charge in [0.1, 0.15) is 6.61 Å². The Hall–Kier alpha value is -1.59. The number of benzene rings is 1. The first-order chi connectivity index (χ1) is 8.65. The van der Waals surface area contributed by atoms with Crippen LogP contribution in [0.3, 0.4) is 0 Å². The molecule has 100 valence electrons. The number of ether oxygens (including phenoxy) is 2. The fourth-order valence-corrected chi connectivity index (χ4v) is 1.46. The fraction of sp³-hybridized carbons (Fsp3) is 0.462. The van der Waals surface area contributed by atoms with Crippen LogP contribution in [0.15, 0.2) is 24.3 Å². The van der Waals surface area contributed by atoms with Crippen LogP contribution < -0.4 is 10.2 Å². The van der Waals surface area contributed by atoms with Gasteiger partial charge in [-0.15, -0.1) is 0 Å². The summed E-state index contributed by atoms with van der Waals surface area (Å²) in [6, 6.07) is 7.62. The molecule has 5 nitrogen and oxygen atoms in total. The van der Waals surface area contributed by atoms with E-state index >= 15 is 0 Å². The van der Waals surface area contributed by atoms with E-state index in [2.05, 4.69) is 5.32 Å². The number of amides is 1. The van der Waals surface area contributed by atoms with E-state index in [4.69, 9.17) is 9.47 Å². The highest BCUT2D eigenvalue weighted by atomic mass is 16.5. The van der Waals surface area contributed by atoms with Crippen LogP contribution in [0.1, 0.15) is 0 Å². The lowest BCUT2D eigenvalue weighted by Crippen LogP contribution is -2.21. The maximum Gasteiger partial charge on any atom is 0.250 e. The van der Waals surface area contributed by atoms with Crippen molar-refractivity contribution in [1.29, 1.82) is 0 Å². The van der Waals surface area contributed by atoms with Gasteiger partial charge in [0.2, 0.25) is 5.91 Å². The first-order valence-electron chi connectivity index (χ1n) is 5.78. The Labute approximate surface area is 108 Å². The zero-order valence-electron chi connectivity index (χ0n) is 11.1. The quantitative estimate of drug-likeness (QED) is 0.744. The Bertz CT molecular complexity index is 380. The molecule has 0 aliphatic heterocycles. The molecule has 1 amide bonds. The number of hydrogen-bond donors (Lipinski definition) is 1. The van der Waals surface area contributed by atoms with Gasteiger partial charge in [-0.25, -0.2) is 0 Å². The average molecular weight is 252 g/mol. The minimum Gasteiger partial charge on any atom is -0.382 e. The highest BCUT2D eigenvalue weighted by molar-refractivity contribution is 5.95. The third kappa shape index (κ3) is 4.73. The van der Waals surface area contributed by atoms with Crippen LogP contribution in [0, 0.1) is 0 Å². The van der Waals surface area contributed by atoms with Crippen molar-refractivity contribution in [1.82, 2.24) is 0 Å². The Morgan fingerprint density at radius 3 is 2.67 bits per heavy atom. The van der Waals surface area contributed by atoms with E-state index in [-0.39, 0.29) is 12.5 Å². The van der Waals surface area contributed by atoms with Crippen molar-refractivity contribution in [3.63, 3.8) is 0 Å². The molecule has 1 aromatic carbocycles. The molecule has 0 aromatic heterocycles. The largest absolute Gasteiger partial charge is 0.382 e. The number of carbonyl (C=O) groups excluding carboxylic acids is 1. The highest BCUT2D eigenvalue weighted by Crippen LogP contribution is 2.23. The van der Waals surface area contributed by atoms with Crippen molar-refractivity contribution in [2.75, 3.05) is 51.2 Å². The monoisotopic (exact) mass is 252 g/mol. The normalized spacial score (nSPS) is 10.2. The topological polar surface area (TPSA) is 50.8 Å². The van der Waals surface area contributed by atoms with Crippen LogP contribution in [-0.2, 0) is 14.3 Å². The maximum atomic E-state index is 11.7. The van der Waals surface area contributed by atoms with Gasteiger partial charge in [-0.2, -0.15) is 0 Å². The number of nitrogens with one attached hydrogen (secondary N) is 1. The van der Waals surface area contributed by atoms with E-state index in [1.54, 1.807) is 7.11 Å². The van der Waals surface area contributed by atoms with E-state index in [9.17, 15) is 4.79 Å². The predicted molar refractivity (Wildman–Crippen MR) is 72.1 cm³/mol. The number of rotatable bonds is 7. The number of para-hydroxylation sites is 2. The van der Waals surface area contributed by atoms with Gasteiger partial charge < -0.3 is 19.7 Å². The molecular weight excluding hydrogens is 232 g/mol. The molecule has 18 heavy (non-hydrogen) atoms. The minimum absolute atomic E-state index is 0.0329. The van der Waals surface area contributed by atoms with Crippen molar-refractivity contribution in [3.05, 3.63) is 24.3 Å². The van der Waals surface area contributed by atoms with Crippen LogP contribution in [0.5, 0.6) is 0 Å². The molecule has 0 unspecified atom stereocenters. The second kappa shape index (κ2) is 7.68. The first-order valence-corrected chi connectivity index (χ1v) is 5.78. The van der Waals surface area contributed by atoms with Gasteiger partial charge in [0, 0.05) is 21.2 Å². The van der Waals surface area contributed by atoms with Crippen LogP contribution >= 0.6 is 0 Å². The van der Waals surface area contributed by atoms with Crippen molar-refractivity contribution in [2.24, 2.45) is 0 Å². The number of hydrogen-bond acceptors (Lipinski definition) is 4. The summed E-state index contributed by atoms with van der Waals surface area (Å²) in [6.45, 7) is 0.936. The van der Waals surface area contributed by atoms with E-state index in [0.29, 0.717) is 13.2 Å². The van der Waals surface area contributed by atoms with Gasteiger partial charge in [-0.05, 0) is 12.1 Å². The van der Waals surface area contributed by atoms with E-state index < -0.39 is 0 Å². The summed E-state index contributed by atoms with van der Waals surface area (Å²) in [6.07, 6.45) is 0. The van der Waals surface area contributed by atoms with Gasteiger partial charge in [-0.3, -0.25) is 4.79 Å². The fourth-order valence-electron chi connectivity index (χ4n) is 1.46. The van der Waals surface area contributed by atoms with Crippen molar-refractivity contribution < 1.29 is 14.3 Å². The molecule has 0 aliphatic carbocycles. The summed E-state index contributed by atoms with van der Waals surface area (Å²) in [7, 11) is 5.46. The highest BCUT2D eigenvalue weighted by Gasteiger charge is 2.07. The maximum absolute atomic E-state index is 11.7. The molecule has 0 atom stereocenters. The number of methoxy groups -OCH3 is 1. The number of carbonyl (C=O) groups is 1. The molecule has 0 bridgehead atoms. The van der Waals surface area contributed by atoms with Crippen molar-refractivity contribution in [2.45, 2.75) is 0 Å². The third-order valence-corrected chi connectivity index (χ3v) is 2.32. The molecule has 0 heterocycles. The summed E-state index contributed by atoms with van der Waals surface area (Å²) >= 11 is 0. The minimum atomic E-state index is -0.166. The van der Waals surface area contributed by atoms with Gasteiger partial charge in [0.05, 0.1) is 24.6 Å². The van der Waals surface area contributed by atoms with Crippen LogP contribution in [0.4, 0.5) is 11.4 Å². The van der Waals surface area contributed by atoms with Gasteiger partial charge in [0.15, 0.2) is 0 Å². The Morgan fingerprint density at radius 1 is 1.28 bits per heavy atom.